The van der Waals surface area contributed by atoms with Gasteiger partial charge in [0.1, 0.15) is 35.1 Å². The second-order valence-corrected chi connectivity index (χ2v) is 21.6. The Balaban J connectivity index is 0.703. The van der Waals surface area contributed by atoms with E-state index in [9.17, 15) is 43.2 Å². The molecule has 33 heteroatoms. The Morgan fingerprint density at radius 1 is 0.361 bits per heavy atom. The zero-order valence-corrected chi connectivity index (χ0v) is 55.6. The highest BCUT2D eigenvalue weighted by Gasteiger charge is 2.21. The number of aryl methyl sites for hydroxylation is 5. The van der Waals surface area contributed by atoms with Crippen molar-refractivity contribution in [2.75, 3.05) is 165 Å². The Labute approximate surface area is 561 Å². The van der Waals surface area contributed by atoms with Crippen LogP contribution in [0.1, 0.15) is 78.8 Å². The number of imidazole rings is 1. The Hall–Kier alpha value is -9.74. The number of aromatic nitrogens is 6. The van der Waals surface area contributed by atoms with Crippen LogP contribution in [0.25, 0.3) is 0 Å². The molecule has 528 valence electrons. The molecule has 0 radical (unpaired) electrons. The van der Waals surface area contributed by atoms with E-state index in [-0.39, 0.29) is 104 Å². The summed E-state index contributed by atoms with van der Waals surface area (Å²) in [6.07, 6.45) is 7.69. The average molecular weight is 1360 g/mol. The number of carbonyl (C=O) groups excluding carboxylic acids is 9. The summed E-state index contributed by atoms with van der Waals surface area (Å²) in [7, 11) is 8.20. The molecule has 9 amide bonds. The molecule has 0 saturated carbocycles. The van der Waals surface area contributed by atoms with Crippen molar-refractivity contribution in [1.29, 1.82) is 0 Å². The maximum atomic E-state index is 13.3. The van der Waals surface area contributed by atoms with Gasteiger partial charge in [-0.3, -0.25) is 43.2 Å². The van der Waals surface area contributed by atoms with Gasteiger partial charge in [0.2, 0.25) is 29.5 Å². The van der Waals surface area contributed by atoms with Crippen LogP contribution < -0.4 is 52.6 Å². The third-order valence-electron chi connectivity index (χ3n) is 13.8. The zero-order chi connectivity index (χ0) is 69.7. The van der Waals surface area contributed by atoms with Crippen molar-refractivity contribution in [3.63, 3.8) is 0 Å². The molecule has 0 atom stereocenters. The lowest BCUT2D eigenvalue weighted by atomic mass is 10.3. The van der Waals surface area contributed by atoms with Crippen LogP contribution in [0.5, 0.6) is 5.75 Å². The van der Waals surface area contributed by atoms with Crippen molar-refractivity contribution < 1.29 is 85.8 Å². The first-order valence-electron chi connectivity index (χ1n) is 31.4. The number of nitrogens with one attached hydrogen (secondary N) is 9. The van der Waals surface area contributed by atoms with Crippen LogP contribution in [-0.2, 0) is 92.3 Å². The number of nitrogens with zero attached hydrogens (tertiary/aromatic N) is 6. The molecule has 9 N–H and O–H groups in total. The fourth-order valence-corrected chi connectivity index (χ4v) is 9.04. The first kappa shape index (κ1) is 76.3. The molecule has 6 aromatic rings. The van der Waals surface area contributed by atoms with Crippen LogP contribution in [0, 0.1) is 0 Å². The largest absolute Gasteiger partial charge is 0.491 e. The predicted octanol–water partition coefficient (Wildman–Crippen LogP) is 2.20. The van der Waals surface area contributed by atoms with E-state index in [2.05, 4.69) is 52.8 Å². The molecule has 0 unspecified atom stereocenters. The molecule has 0 bridgehead atoms. The average Bonchev–Trinajstić information content (AvgIpc) is 1.71. The number of benzene rings is 1. The van der Waals surface area contributed by atoms with Gasteiger partial charge < -0.3 is 113 Å². The van der Waals surface area contributed by atoms with Crippen LogP contribution in [0.15, 0.2) is 85.6 Å². The Morgan fingerprint density at radius 3 is 1.24 bits per heavy atom. The molecule has 6 rings (SSSR count). The summed E-state index contributed by atoms with van der Waals surface area (Å²) in [5.41, 5.74) is 2.86. The SMILES string of the molecule is CC(=O)Nc1cccc(OCCOCCOCCOCCOCCOCCOCCOCCOCCNC(=O)CCNC(=O)c2cc(NC(=O)CCNC(=O)c3cc(NC(=O)c4nc(NC(=O)CCNC(=O)c5cc(NC(=O)c6cccn6C)cn5C)cn4C)cn3C)cn2C)c1. The van der Waals surface area contributed by atoms with Crippen molar-refractivity contribution in [2.24, 2.45) is 35.2 Å². The van der Waals surface area contributed by atoms with Gasteiger partial charge in [-0.2, -0.15) is 0 Å². The summed E-state index contributed by atoms with van der Waals surface area (Å²) in [6.45, 7) is 8.59. The van der Waals surface area contributed by atoms with E-state index in [4.69, 9.17) is 42.6 Å². The Morgan fingerprint density at radius 2 is 0.784 bits per heavy atom. The van der Waals surface area contributed by atoms with Crippen molar-refractivity contribution >= 4 is 81.7 Å². The van der Waals surface area contributed by atoms with Gasteiger partial charge in [-0.1, -0.05) is 6.07 Å². The topological polar surface area (TPSA) is 383 Å². The molecule has 0 aliphatic carbocycles. The smallest absolute Gasteiger partial charge is 0.291 e. The molecule has 0 aliphatic rings. The minimum absolute atomic E-state index is 0.0154. The summed E-state index contributed by atoms with van der Waals surface area (Å²) in [5.74, 6) is -3.02. The maximum Gasteiger partial charge on any atom is 0.291 e. The van der Waals surface area contributed by atoms with E-state index in [0.717, 1.165) is 0 Å². The number of hydrogen-bond donors (Lipinski definition) is 9. The number of rotatable bonds is 47. The van der Waals surface area contributed by atoms with E-state index in [1.54, 1.807) is 93.3 Å². The van der Waals surface area contributed by atoms with Gasteiger partial charge in [-0.05, 0) is 42.5 Å². The highest BCUT2D eigenvalue weighted by molar-refractivity contribution is 6.05. The predicted molar refractivity (Wildman–Crippen MR) is 355 cm³/mol. The maximum absolute atomic E-state index is 13.3. The normalized spacial score (nSPS) is 11.0. The van der Waals surface area contributed by atoms with Gasteiger partial charge in [-0.15, -0.1) is 0 Å². The number of hydrogen-bond acceptors (Lipinski definition) is 19. The highest BCUT2D eigenvalue weighted by atomic mass is 16.6. The third kappa shape index (κ3) is 28.2. The summed E-state index contributed by atoms with van der Waals surface area (Å²) in [5, 5.41) is 24.3. The molecule has 0 fully saturated rings. The lowest BCUT2D eigenvalue weighted by molar-refractivity contribution is -0.121. The van der Waals surface area contributed by atoms with E-state index >= 15 is 0 Å². The van der Waals surface area contributed by atoms with Crippen LogP contribution in [0.4, 0.5) is 28.6 Å². The van der Waals surface area contributed by atoms with E-state index in [1.807, 2.05) is 6.07 Å². The van der Waals surface area contributed by atoms with Crippen LogP contribution in [0.3, 0.4) is 0 Å². The lowest BCUT2D eigenvalue weighted by Gasteiger charge is -2.10. The molecular weight excluding hydrogens is 1270 g/mol. The first-order chi connectivity index (χ1) is 46.8. The summed E-state index contributed by atoms with van der Waals surface area (Å²) < 4.78 is 57.4. The standard InChI is InChI=1S/C64H89N15O18/c1-45(80)69-46-9-7-10-50(37-46)97-36-35-96-34-33-95-32-31-94-30-29-93-28-27-92-26-25-91-24-23-90-22-21-89-20-18-65-56(81)12-15-66-60(84)52-38-47(41-76(52)3)70-57(82)13-16-67-62(86)54-40-49(43-78(54)5)72-64(88)59-74-55(44-79(59)6)73-58(83)14-17-68-61(85)53-39-48(42-77(53)4)71-63(87)51-11-8-19-75(51)2/h7-11,19,37-44H,12-18,20-36H2,1-6H3,(H,65,81)(H,66,84)(H,67,86)(H,68,85)(H,69,80)(H,70,82)(H,71,87)(H,72,88)(H,73,83). The second kappa shape index (κ2) is 41.9. The zero-order valence-electron chi connectivity index (χ0n) is 55.6. The molecule has 1 aromatic carbocycles. The molecule has 33 nitrogen and oxygen atoms in total. The Kier molecular flexibility index (Phi) is 33.0. The van der Waals surface area contributed by atoms with E-state index < -0.39 is 35.4 Å². The molecule has 5 heterocycles. The van der Waals surface area contributed by atoms with Gasteiger partial charge in [0, 0.05) is 130 Å². The van der Waals surface area contributed by atoms with Crippen LogP contribution in [-0.4, -0.2) is 219 Å². The molecule has 0 saturated heterocycles. The van der Waals surface area contributed by atoms with Crippen molar-refractivity contribution in [3.8, 4) is 5.75 Å². The molecule has 0 aliphatic heterocycles. The number of amides is 9. The van der Waals surface area contributed by atoms with Crippen molar-refractivity contribution in [1.82, 2.24) is 49.1 Å². The fourth-order valence-electron chi connectivity index (χ4n) is 9.04. The van der Waals surface area contributed by atoms with Gasteiger partial charge in [-0.25, -0.2) is 4.98 Å². The minimum Gasteiger partial charge on any atom is -0.491 e. The van der Waals surface area contributed by atoms with E-state index in [0.29, 0.717) is 134 Å². The highest BCUT2D eigenvalue weighted by Crippen LogP contribution is 2.20. The minimum atomic E-state index is -0.629. The number of carbonyl (C=O) groups is 9. The van der Waals surface area contributed by atoms with Gasteiger partial charge in [0.25, 0.3) is 29.5 Å². The number of ether oxygens (including phenoxy) is 9. The molecule has 97 heavy (non-hydrogen) atoms. The summed E-state index contributed by atoms with van der Waals surface area (Å²) >= 11 is 0. The molecule has 0 spiro atoms. The molecular formula is C64H89N15O18. The van der Waals surface area contributed by atoms with Crippen LogP contribution >= 0.6 is 0 Å². The number of anilines is 5. The fraction of sp³-hybridized carbons (Fsp3) is 0.469. The van der Waals surface area contributed by atoms with Crippen molar-refractivity contribution in [2.45, 2.75) is 26.2 Å². The summed E-state index contributed by atoms with van der Waals surface area (Å²) in [6, 6.07) is 15.0. The third-order valence-corrected chi connectivity index (χ3v) is 13.8. The van der Waals surface area contributed by atoms with E-state index in [1.165, 1.54) is 51.2 Å². The quantitative estimate of drug-likeness (QED) is 0.0247. The van der Waals surface area contributed by atoms with Crippen molar-refractivity contribution in [3.05, 3.63) is 114 Å². The molecule has 5 aromatic heterocycles. The lowest BCUT2D eigenvalue weighted by Crippen LogP contribution is -2.33. The van der Waals surface area contributed by atoms with Crippen LogP contribution in [0.2, 0.25) is 0 Å². The summed E-state index contributed by atoms with van der Waals surface area (Å²) in [4.78, 5) is 118. The monoisotopic (exact) mass is 1360 g/mol. The Bertz CT molecular complexity index is 3520. The van der Waals surface area contributed by atoms with Gasteiger partial charge in [0.15, 0.2) is 5.82 Å². The van der Waals surface area contributed by atoms with Gasteiger partial charge >= 0.3 is 0 Å². The second-order valence-electron chi connectivity index (χ2n) is 21.6. The van der Waals surface area contributed by atoms with Gasteiger partial charge in [0.05, 0.1) is 123 Å². The first-order valence-corrected chi connectivity index (χ1v) is 31.4.